The summed E-state index contributed by atoms with van der Waals surface area (Å²) in [6.07, 6.45) is 5.43. The topological polar surface area (TPSA) is 29.5 Å². The van der Waals surface area contributed by atoms with Crippen LogP contribution in [0.1, 0.15) is 39.0 Å². The average Bonchev–Trinajstić information content (AvgIpc) is 2.46. The van der Waals surface area contributed by atoms with Crippen LogP contribution in [0.3, 0.4) is 0 Å². The molecule has 0 unspecified atom stereocenters. The van der Waals surface area contributed by atoms with Crippen molar-refractivity contribution in [2.45, 2.75) is 39.0 Å². The third-order valence-corrected chi connectivity index (χ3v) is 2.62. The summed E-state index contributed by atoms with van der Waals surface area (Å²) in [5, 5.41) is 0. The lowest BCUT2D eigenvalue weighted by molar-refractivity contribution is -0.132. The summed E-state index contributed by atoms with van der Waals surface area (Å²) in [6.45, 7) is 5.13. The van der Waals surface area contributed by atoms with Gasteiger partial charge < -0.3 is 9.64 Å². The monoisotopic (exact) mass is 199 g/mol. The quantitative estimate of drug-likeness (QED) is 0.646. The zero-order valence-electron chi connectivity index (χ0n) is 9.13. The molecule has 14 heavy (non-hydrogen) atoms. The van der Waals surface area contributed by atoms with Crippen LogP contribution in [0, 0.1) is 0 Å². The maximum Gasteiger partial charge on any atom is 0.224 e. The number of carbonyl (C=O) groups excluding carboxylic acids is 1. The minimum Gasteiger partial charge on any atom is -0.381 e. The number of rotatable bonds is 4. The van der Waals surface area contributed by atoms with E-state index in [1.54, 1.807) is 0 Å². The maximum absolute atomic E-state index is 11.7. The second kappa shape index (κ2) is 6.82. The van der Waals surface area contributed by atoms with Crippen molar-refractivity contribution in [3.05, 3.63) is 0 Å². The van der Waals surface area contributed by atoms with Crippen molar-refractivity contribution < 1.29 is 9.53 Å². The fourth-order valence-electron chi connectivity index (χ4n) is 1.78. The van der Waals surface area contributed by atoms with E-state index in [0.29, 0.717) is 19.6 Å². The van der Waals surface area contributed by atoms with E-state index >= 15 is 0 Å². The van der Waals surface area contributed by atoms with Gasteiger partial charge in [-0.3, -0.25) is 4.79 Å². The summed E-state index contributed by atoms with van der Waals surface area (Å²) >= 11 is 0. The zero-order valence-corrected chi connectivity index (χ0v) is 9.13. The molecular weight excluding hydrogens is 178 g/mol. The number of hydrogen-bond donors (Lipinski definition) is 0. The Hall–Kier alpha value is -0.570. The van der Waals surface area contributed by atoms with Crippen LogP contribution in [0.2, 0.25) is 0 Å². The highest BCUT2D eigenvalue weighted by Crippen LogP contribution is 2.10. The summed E-state index contributed by atoms with van der Waals surface area (Å²) in [5.74, 6) is 0.264. The van der Waals surface area contributed by atoms with Gasteiger partial charge in [0.2, 0.25) is 5.91 Å². The first-order valence-corrected chi connectivity index (χ1v) is 5.70. The second-order valence-corrected chi connectivity index (χ2v) is 3.74. The molecule has 0 aromatic heterocycles. The highest BCUT2D eigenvalue weighted by molar-refractivity contribution is 5.76. The molecule has 1 aliphatic heterocycles. The summed E-state index contributed by atoms with van der Waals surface area (Å²) in [6, 6.07) is 0. The molecule has 82 valence electrons. The highest BCUT2D eigenvalue weighted by Gasteiger charge is 2.14. The Balaban J connectivity index is 2.20. The van der Waals surface area contributed by atoms with Crippen LogP contribution in [0.15, 0.2) is 0 Å². The number of amides is 1. The van der Waals surface area contributed by atoms with Gasteiger partial charge in [-0.05, 0) is 19.8 Å². The van der Waals surface area contributed by atoms with E-state index in [9.17, 15) is 4.79 Å². The molecule has 0 atom stereocenters. The first-order chi connectivity index (χ1) is 6.84. The van der Waals surface area contributed by atoms with Gasteiger partial charge in [-0.15, -0.1) is 0 Å². The van der Waals surface area contributed by atoms with Gasteiger partial charge in [-0.25, -0.2) is 0 Å². The fourth-order valence-corrected chi connectivity index (χ4v) is 1.78. The van der Waals surface area contributed by atoms with Crippen molar-refractivity contribution in [2.24, 2.45) is 0 Å². The molecule has 0 aromatic carbocycles. The number of ether oxygens (including phenoxy) is 1. The van der Waals surface area contributed by atoms with Gasteiger partial charge in [0, 0.05) is 19.7 Å². The summed E-state index contributed by atoms with van der Waals surface area (Å²) in [4.78, 5) is 13.7. The van der Waals surface area contributed by atoms with E-state index in [2.05, 4.69) is 0 Å². The van der Waals surface area contributed by atoms with Gasteiger partial charge in [0.15, 0.2) is 0 Å². The Morgan fingerprint density at radius 1 is 1.21 bits per heavy atom. The molecule has 0 saturated carbocycles. The largest absolute Gasteiger partial charge is 0.381 e. The van der Waals surface area contributed by atoms with Gasteiger partial charge in [-0.2, -0.15) is 0 Å². The predicted octanol–water partition coefficient (Wildman–Crippen LogP) is 1.82. The van der Waals surface area contributed by atoms with E-state index < -0.39 is 0 Å². The smallest absolute Gasteiger partial charge is 0.224 e. The molecule has 1 heterocycles. The van der Waals surface area contributed by atoms with E-state index in [0.717, 1.165) is 13.1 Å². The van der Waals surface area contributed by atoms with Crippen LogP contribution < -0.4 is 0 Å². The third-order valence-electron chi connectivity index (χ3n) is 2.62. The van der Waals surface area contributed by atoms with Gasteiger partial charge in [0.05, 0.1) is 13.0 Å². The molecule has 0 aliphatic carbocycles. The number of nitrogens with zero attached hydrogens (tertiary/aromatic N) is 1. The van der Waals surface area contributed by atoms with Crippen molar-refractivity contribution in [3.63, 3.8) is 0 Å². The maximum atomic E-state index is 11.7. The first-order valence-electron chi connectivity index (χ1n) is 5.70. The number of carbonyl (C=O) groups is 1. The van der Waals surface area contributed by atoms with Crippen LogP contribution in [-0.2, 0) is 9.53 Å². The Labute approximate surface area is 86.4 Å². The molecule has 1 amide bonds. The fraction of sp³-hybridized carbons (Fsp3) is 0.909. The predicted molar refractivity (Wildman–Crippen MR) is 56.2 cm³/mol. The number of likely N-dealkylation sites (tertiary alicyclic amines) is 1. The van der Waals surface area contributed by atoms with Crippen LogP contribution in [0.5, 0.6) is 0 Å². The van der Waals surface area contributed by atoms with Crippen molar-refractivity contribution in [1.82, 2.24) is 4.90 Å². The molecule has 0 aromatic rings. The van der Waals surface area contributed by atoms with Crippen LogP contribution in [0.25, 0.3) is 0 Å². The van der Waals surface area contributed by atoms with E-state index in [4.69, 9.17) is 4.74 Å². The Kier molecular flexibility index (Phi) is 5.60. The van der Waals surface area contributed by atoms with Gasteiger partial charge in [0.25, 0.3) is 0 Å². The molecule has 0 bridgehead atoms. The Morgan fingerprint density at radius 2 is 1.86 bits per heavy atom. The molecule has 0 N–H and O–H groups in total. The molecule has 1 rings (SSSR count). The normalized spacial score (nSPS) is 17.9. The van der Waals surface area contributed by atoms with Crippen molar-refractivity contribution in [1.29, 1.82) is 0 Å². The standard InChI is InChI=1S/C11H21NO2/c1-2-14-10-7-11(13)12-8-5-3-4-6-9-12/h2-10H2,1H3. The molecule has 0 radical (unpaired) electrons. The molecular formula is C11H21NO2. The summed E-state index contributed by atoms with van der Waals surface area (Å²) in [7, 11) is 0. The highest BCUT2D eigenvalue weighted by atomic mass is 16.5. The molecule has 1 saturated heterocycles. The molecule has 3 heteroatoms. The molecule has 1 aliphatic rings. The van der Waals surface area contributed by atoms with Gasteiger partial charge >= 0.3 is 0 Å². The van der Waals surface area contributed by atoms with E-state index in [1.165, 1.54) is 25.7 Å². The molecule has 3 nitrogen and oxygen atoms in total. The van der Waals surface area contributed by atoms with E-state index in [1.807, 2.05) is 11.8 Å². The minimum absolute atomic E-state index is 0.264. The Morgan fingerprint density at radius 3 is 2.43 bits per heavy atom. The van der Waals surface area contributed by atoms with Crippen LogP contribution >= 0.6 is 0 Å². The van der Waals surface area contributed by atoms with Crippen molar-refractivity contribution >= 4 is 5.91 Å². The third kappa shape index (κ3) is 4.09. The number of hydrogen-bond acceptors (Lipinski definition) is 2. The van der Waals surface area contributed by atoms with Gasteiger partial charge in [0.1, 0.15) is 0 Å². The zero-order chi connectivity index (χ0) is 10.2. The van der Waals surface area contributed by atoms with Gasteiger partial charge in [-0.1, -0.05) is 12.8 Å². The lowest BCUT2D eigenvalue weighted by Crippen LogP contribution is -2.32. The first kappa shape index (κ1) is 11.5. The molecule has 1 fully saturated rings. The van der Waals surface area contributed by atoms with Crippen molar-refractivity contribution in [3.8, 4) is 0 Å². The van der Waals surface area contributed by atoms with E-state index in [-0.39, 0.29) is 5.91 Å². The Bertz CT molecular complexity index is 163. The average molecular weight is 199 g/mol. The summed E-state index contributed by atoms with van der Waals surface area (Å²) in [5.41, 5.74) is 0. The van der Waals surface area contributed by atoms with Crippen LogP contribution in [-0.4, -0.2) is 37.1 Å². The van der Waals surface area contributed by atoms with Crippen LogP contribution in [0.4, 0.5) is 0 Å². The lowest BCUT2D eigenvalue weighted by Gasteiger charge is -2.19. The second-order valence-electron chi connectivity index (χ2n) is 3.74. The van der Waals surface area contributed by atoms with Crippen molar-refractivity contribution in [2.75, 3.05) is 26.3 Å². The minimum atomic E-state index is 0.264. The lowest BCUT2D eigenvalue weighted by atomic mass is 10.2. The molecule has 0 spiro atoms. The SMILES string of the molecule is CCOCCC(=O)N1CCCCCC1. The summed E-state index contributed by atoms with van der Waals surface area (Å²) < 4.78 is 5.18.